The number of guanidine groups is 1. The Morgan fingerprint density at radius 1 is 1.27 bits per heavy atom. The van der Waals surface area contributed by atoms with Crippen molar-refractivity contribution >= 4 is 41.7 Å². The van der Waals surface area contributed by atoms with E-state index in [9.17, 15) is 0 Å². The number of nitrogens with zero attached hydrogens (tertiary/aromatic N) is 5. The second kappa shape index (κ2) is 12.2. The highest BCUT2D eigenvalue weighted by Gasteiger charge is 2.09. The molecule has 2 aromatic rings. The van der Waals surface area contributed by atoms with E-state index in [2.05, 4.69) is 58.0 Å². The molecule has 0 atom stereocenters. The van der Waals surface area contributed by atoms with Crippen molar-refractivity contribution in [2.45, 2.75) is 26.4 Å². The Morgan fingerprint density at radius 2 is 2.00 bits per heavy atom. The maximum Gasteiger partial charge on any atom is 0.194 e. The molecule has 1 heterocycles. The molecule has 0 aliphatic carbocycles. The van der Waals surface area contributed by atoms with Gasteiger partial charge in [0.2, 0.25) is 0 Å². The first-order valence-electron chi connectivity index (χ1n) is 8.49. The summed E-state index contributed by atoms with van der Waals surface area (Å²) in [6.07, 6.45) is 3.25. The van der Waals surface area contributed by atoms with Gasteiger partial charge in [0.15, 0.2) is 11.8 Å². The van der Waals surface area contributed by atoms with Gasteiger partial charge in [0.25, 0.3) is 0 Å². The van der Waals surface area contributed by atoms with E-state index < -0.39 is 0 Å². The third kappa shape index (κ3) is 7.14. The van der Waals surface area contributed by atoms with Crippen LogP contribution in [0.3, 0.4) is 0 Å². The van der Waals surface area contributed by atoms with Gasteiger partial charge < -0.3 is 14.8 Å². The van der Waals surface area contributed by atoms with Crippen LogP contribution in [0.2, 0.25) is 0 Å². The Morgan fingerprint density at radius 3 is 2.62 bits per heavy atom. The van der Waals surface area contributed by atoms with Crippen molar-refractivity contribution in [2.75, 3.05) is 25.6 Å². The standard InChI is InChI=1S/C18H28N6S.HI/c1-15-21-22-17(24(15)3)13-20-18(19-11-8-12-25-4)23(2)14-16-9-6-5-7-10-16;/h5-7,9-10H,8,11-14H2,1-4H3,(H,19,20);1H. The average Bonchev–Trinajstić information content (AvgIpc) is 2.94. The quantitative estimate of drug-likeness (QED) is 0.268. The van der Waals surface area contributed by atoms with Crippen molar-refractivity contribution in [3.05, 3.63) is 47.5 Å². The summed E-state index contributed by atoms with van der Waals surface area (Å²) in [6.45, 7) is 4.19. The zero-order valence-corrected chi connectivity index (χ0v) is 19.1. The topological polar surface area (TPSA) is 58.3 Å². The van der Waals surface area contributed by atoms with Crippen molar-refractivity contribution < 1.29 is 0 Å². The minimum Gasteiger partial charge on any atom is -0.356 e. The minimum atomic E-state index is 0. The highest BCUT2D eigenvalue weighted by atomic mass is 127. The van der Waals surface area contributed by atoms with Crippen molar-refractivity contribution in [3.63, 3.8) is 0 Å². The zero-order chi connectivity index (χ0) is 18.1. The number of aliphatic imine (C=N–C) groups is 1. The fourth-order valence-corrected chi connectivity index (χ4v) is 2.83. The molecule has 0 aliphatic heterocycles. The van der Waals surface area contributed by atoms with Crippen LogP contribution in [0.4, 0.5) is 0 Å². The number of hydrogen-bond donors (Lipinski definition) is 1. The van der Waals surface area contributed by atoms with Gasteiger partial charge in [0, 0.05) is 27.2 Å². The minimum absolute atomic E-state index is 0. The predicted octanol–water partition coefficient (Wildman–Crippen LogP) is 3.07. The van der Waals surface area contributed by atoms with Crippen LogP contribution in [-0.4, -0.2) is 51.2 Å². The van der Waals surface area contributed by atoms with Gasteiger partial charge >= 0.3 is 0 Å². The van der Waals surface area contributed by atoms with Gasteiger partial charge in [0.05, 0.1) is 0 Å². The van der Waals surface area contributed by atoms with Gasteiger partial charge in [-0.15, -0.1) is 34.2 Å². The molecule has 1 aromatic carbocycles. The molecular formula is C18H29IN6S. The summed E-state index contributed by atoms with van der Waals surface area (Å²) in [4.78, 5) is 6.91. The Hall–Kier alpha value is -1.29. The van der Waals surface area contributed by atoms with Gasteiger partial charge in [-0.25, -0.2) is 4.99 Å². The molecule has 0 unspecified atom stereocenters. The highest BCUT2D eigenvalue weighted by Crippen LogP contribution is 2.05. The lowest BCUT2D eigenvalue weighted by molar-refractivity contribution is 0.474. The summed E-state index contributed by atoms with van der Waals surface area (Å²) in [5.41, 5.74) is 1.26. The number of rotatable bonds is 8. The Kier molecular flexibility index (Phi) is 10.6. The lowest BCUT2D eigenvalue weighted by Crippen LogP contribution is -2.39. The first kappa shape index (κ1) is 22.8. The molecule has 0 bridgehead atoms. The number of aromatic nitrogens is 3. The van der Waals surface area contributed by atoms with E-state index >= 15 is 0 Å². The second-order valence-electron chi connectivity index (χ2n) is 5.98. The lowest BCUT2D eigenvalue weighted by Gasteiger charge is -2.22. The smallest absolute Gasteiger partial charge is 0.194 e. The molecule has 2 rings (SSSR count). The number of nitrogens with one attached hydrogen (secondary N) is 1. The van der Waals surface area contributed by atoms with Crippen LogP contribution >= 0.6 is 35.7 Å². The van der Waals surface area contributed by atoms with E-state index in [1.54, 1.807) is 0 Å². The van der Waals surface area contributed by atoms with E-state index in [1.165, 1.54) is 5.56 Å². The fraction of sp³-hybridized carbons (Fsp3) is 0.500. The molecule has 8 heteroatoms. The van der Waals surface area contributed by atoms with E-state index in [-0.39, 0.29) is 24.0 Å². The van der Waals surface area contributed by atoms with E-state index in [1.807, 2.05) is 36.4 Å². The number of hydrogen-bond acceptors (Lipinski definition) is 4. The molecule has 0 amide bonds. The van der Waals surface area contributed by atoms with Crippen molar-refractivity contribution in [3.8, 4) is 0 Å². The third-order valence-electron chi connectivity index (χ3n) is 3.99. The highest BCUT2D eigenvalue weighted by molar-refractivity contribution is 14.0. The molecule has 0 aliphatic rings. The SMILES string of the molecule is CSCCCNC(=NCc1nnc(C)n1C)N(C)Cc1ccccc1.I. The average molecular weight is 488 g/mol. The van der Waals surface area contributed by atoms with Crippen LogP contribution in [0.1, 0.15) is 23.6 Å². The maximum atomic E-state index is 4.76. The molecule has 0 saturated heterocycles. The summed E-state index contributed by atoms with van der Waals surface area (Å²) in [5, 5.41) is 11.8. The molecular weight excluding hydrogens is 459 g/mol. The molecule has 0 radical (unpaired) electrons. The number of halogens is 1. The molecule has 6 nitrogen and oxygen atoms in total. The van der Waals surface area contributed by atoms with Crippen LogP contribution in [0, 0.1) is 6.92 Å². The Labute approximate surface area is 177 Å². The second-order valence-corrected chi connectivity index (χ2v) is 6.96. The zero-order valence-electron chi connectivity index (χ0n) is 16.0. The molecule has 1 aromatic heterocycles. The first-order chi connectivity index (χ1) is 12.1. The van der Waals surface area contributed by atoms with Crippen LogP contribution < -0.4 is 5.32 Å². The lowest BCUT2D eigenvalue weighted by atomic mass is 10.2. The Bertz CT molecular complexity index is 674. The number of aryl methyl sites for hydroxylation is 1. The van der Waals surface area contributed by atoms with Gasteiger partial charge in [-0.3, -0.25) is 0 Å². The summed E-state index contributed by atoms with van der Waals surface area (Å²) >= 11 is 1.86. The Balaban J connectivity index is 0.00000338. The van der Waals surface area contributed by atoms with Crippen molar-refractivity contribution in [1.82, 2.24) is 25.0 Å². The largest absolute Gasteiger partial charge is 0.356 e. The van der Waals surface area contributed by atoms with Gasteiger partial charge in [-0.1, -0.05) is 30.3 Å². The number of thioether (sulfide) groups is 1. The van der Waals surface area contributed by atoms with E-state index in [4.69, 9.17) is 4.99 Å². The summed E-state index contributed by atoms with van der Waals surface area (Å²) < 4.78 is 1.98. The van der Waals surface area contributed by atoms with E-state index in [0.29, 0.717) is 6.54 Å². The molecule has 0 fully saturated rings. The van der Waals surface area contributed by atoms with Crippen LogP contribution in [0.15, 0.2) is 35.3 Å². The third-order valence-corrected chi connectivity index (χ3v) is 4.68. The monoisotopic (exact) mass is 488 g/mol. The van der Waals surface area contributed by atoms with Gasteiger partial charge in [0.1, 0.15) is 12.4 Å². The van der Waals surface area contributed by atoms with Gasteiger partial charge in [-0.2, -0.15) is 11.8 Å². The summed E-state index contributed by atoms with van der Waals surface area (Å²) in [5.74, 6) is 3.81. The summed E-state index contributed by atoms with van der Waals surface area (Å²) in [7, 11) is 4.04. The normalized spacial score (nSPS) is 11.2. The molecule has 144 valence electrons. The summed E-state index contributed by atoms with van der Waals surface area (Å²) in [6, 6.07) is 10.4. The number of benzene rings is 1. The first-order valence-corrected chi connectivity index (χ1v) is 9.88. The maximum absolute atomic E-state index is 4.76. The molecule has 1 N–H and O–H groups in total. The van der Waals surface area contributed by atoms with Crippen LogP contribution in [-0.2, 0) is 20.1 Å². The predicted molar refractivity (Wildman–Crippen MR) is 121 cm³/mol. The van der Waals surface area contributed by atoms with Crippen molar-refractivity contribution in [1.29, 1.82) is 0 Å². The molecule has 0 saturated carbocycles. The fourth-order valence-electron chi connectivity index (χ4n) is 2.39. The van der Waals surface area contributed by atoms with Crippen molar-refractivity contribution in [2.24, 2.45) is 12.0 Å². The van der Waals surface area contributed by atoms with Gasteiger partial charge in [-0.05, 0) is 30.9 Å². The van der Waals surface area contributed by atoms with E-state index in [0.717, 1.165) is 42.9 Å². The molecule has 0 spiro atoms. The van der Waals surface area contributed by atoms with Crippen LogP contribution in [0.25, 0.3) is 0 Å². The molecule has 26 heavy (non-hydrogen) atoms. The van der Waals surface area contributed by atoms with Crippen LogP contribution in [0.5, 0.6) is 0 Å².